The molecule has 0 amide bonds. The van der Waals surface area contributed by atoms with Gasteiger partial charge in [-0.05, 0) is 192 Å². The molecule has 0 saturated heterocycles. The quantitative estimate of drug-likeness (QED) is 0.161. The molecule has 0 fully saturated rings. The van der Waals surface area contributed by atoms with E-state index in [9.17, 15) is 0 Å². The van der Waals surface area contributed by atoms with Gasteiger partial charge in [0, 0.05) is 54.3 Å². The van der Waals surface area contributed by atoms with Crippen LogP contribution in [0.3, 0.4) is 0 Å². The lowest BCUT2D eigenvalue weighted by Crippen LogP contribution is -2.17. The smallest absolute Gasteiger partial charge is 0.144 e. The Morgan fingerprint density at radius 1 is 0.238 bits per heavy atom. The van der Waals surface area contributed by atoms with Crippen LogP contribution >= 0.6 is 0 Å². The van der Waals surface area contributed by atoms with Crippen LogP contribution in [0.5, 0.6) is 0 Å². The molecule has 13 aromatic carbocycles. The number of hydrogen-bond donors (Lipinski definition) is 0. The van der Waals surface area contributed by atoms with Gasteiger partial charge in [-0.2, -0.15) is 0 Å². The molecule has 2 heteroatoms. The highest BCUT2D eigenvalue weighted by molar-refractivity contribution is 6.23. The van der Waals surface area contributed by atoms with Gasteiger partial charge in [-0.25, -0.2) is 0 Å². The van der Waals surface area contributed by atoms with Crippen molar-refractivity contribution in [2.24, 2.45) is 0 Å². The molecule has 0 spiro atoms. The molecule has 0 bridgehead atoms. The fourth-order valence-corrected chi connectivity index (χ4v) is 17.4. The number of rotatable bonds is 2. The molecule has 0 atom stereocenters. The van der Waals surface area contributed by atoms with E-state index in [0.717, 1.165) is 33.1 Å². The number of hydrogen-bond acceptors (Lipinski definition) is 2. The highest BCUT2D eigenvalue weighted by atomic mass is 16.3. The SMILES string of the molecule is CC1(C)c2cc3c(cc2-c2c1cc(-c1ccc4c(c1)C(C)(C)c1c-4c4ccccc4c4ccccc14)c1c2oc2ccccc21)C(C)(C)c1cc(-c2ccc4c(c2)C(C)(C)c2c-4c4ccccc4c4ccccc24)c2c(oc4ccccc42)c1-3. The van der Waals surface area contributed by atoms with Gasteiger partial charge in [0.25, 0.3) is 0 Å². The second kappa shape index (κ2) is 15.4. The fourth-order valence-electron chi connectivity index (χ4n) is 17.4. The zero-order valence-corrected chi connectivity index (χ0v) is 48.4. The van der Waals surface area contributed by atoms with Crippen molar-refractivity contribution in [1.29, 1.82) is 0 Å². The van der Waals surface area contributed by atoms with Crippen molar-refractivity contribution in [3.05, 3.63) is 251 Å². The molecule has 19 rings (SSSR count). The first-order chi connectivity index (χ1) is 40.7. The normalized spacial score (nSPS) is 16.0. The van der Waals surface area contributed by atoms with Gasteiger partial charge in [0.15, 0.2) is 0 Å². The van der Waals surface area contributed by atoms with Crippen molar-refractivity contribution in [3.8, 4) is 66.8 Å². The Labute approximate surface area is 487 Å². The lowest BCUT2D eigenvalue weighted by molar-refractivity contribution is 0.648. The van der Waals surface area contributed by atoms with E-state index in [2.05, 4.69) is 262 Å². The summed E-state index contributed by atoms with van der Waals surface area (Å²) in [5, 5.41) is 15.2. The Kier molecular flexibility index (Phi) is 8.61. The molecular formula is C82H58O2. The third kappa shape index (κ3) is 5.55. The molecular weight excluding hydrogens is 1020 g/mol. The largest absolute Gasteiger partial charge is 0.455 e. The zero-order valence-electron chi connectivity index (χ0n) is 48.4. The molecule has 2 heterocycles. The molecule has 84 heavy (non-hydrogen) atoms. The molecule has 4 aliphatic carbocycles. The zero-order chi connectivity index (χ0) is 56.2. The van der Waals surface area contributed by atoms with Gasteiger partial charge in [-0.15, -0.1) is 0 Å². The molecule has 4 aliphatic rings. The predicted molar refractivity (Wildman–Crippen MR) is 352 cm³/mol. The minimum absolute atomic E-state index is 0.236. The van der Waals surface area contributed by atoms with Gasteiger partial charge in [-0.1, -0.05) is 213 Å². The number of benzene rings is 13. The summed E-state index contributed by atoms with van der Waals surface area (Å²) >= 11 is 0. The van der Waals surface area contributed by atoms with Crippen LogP contribution in [0.1, 0.15) is 99.9 Å². The first kappa shape index (κ1) is 47.0. The van der Waals surface area contributed by atoms with Crippen molar-refractivity contribution < 1.29 is 8.83 Å². The van der Waals surface area contributed by atoms with E-state index in [1.54, 1.807) is 0 Å². The van der Waals surface area contributed by atoms with Crippen molar-refractivity contribution in [1.82, 2.24) is 0 Å². The molecule has 2 aromatic heterocycles. The molecule has 398 valence electrons. The van der Waals surface area contributed by atoms with Crippen molar-refractivity contribution in [2.75, 3.05) is 0 Å². The Hall–Kier alpha value is -9.50. The van der Waals surface area contributed by atoms with E-state index in [1.165, 1.54) is 165 Å². The molecule has 0 N–H and O–H groups in total. The van der Waals surface area contributed by atoms with Crippen LogP contribution < -0.4 is 0 Å². The lowest BCUT2D eigenvalue weighted by atomic mass is 9.78. The van der Waals surface area contributed by atoms with Gasteiger partial charge < -0.3 is 8.83 Å². The van der Waals surface area contributed by atoms with Crippen molar-refractivity contribution >= 4 is 87.0 Å². The summed E-state index contributed by atoms with van der Waals surface area (Å²) < 4.78 is 14.5. The Morgan fingerprint density at radius 3 is 0.940 bits per heavy atom. The van der Waals surface area contributed by atoms with Crippen LogP contribution in [0.15, 0.2) is 215 Å². The highest BCUT2D eigenvalue weighted by Crippen LogP contribution is 2.63. The van der Waals surface area contributed by atoms with E-state index in [1.807, 2.05) is 0 Å². The molecule has 15 aromatic rings. The van der Waals surface area contributed by atoms with Gasteiger partial charge in [0.2, 0.25) is 0 Å². The predicted octanol–water partition coefficient (Wildman–Crippen LogP) is 22.7. The molecule has 0 saturated carbocycles. The van der Waals surface area contributed by atoms with Crippen LogP contribution in [-0.4, -0.2) is 0 Å². The minimum Gasteiger partial charge on any atom is -0.455 e. The van der Waals surface area contributed by atoms with Crippen molar-refractivity contribution in [3.63, 3.8) is 0 Å². The van der Waals surface area contributed by atoms with Gasteiger partial charge in [0.05, 0.1) is 0 Å². The standard InChI is InChI=1S/C82H58O2/c1-79(2)63-41-60-64(42-59(63)73-65(79)39-57(71-55-29-17-19-31-67(55)83-77(71)73)43-33-35-53-61(37-43)81(5,6)75-51-27-15-11-23-47(51)45-21-9-13-25-49(45)69(53)75)80(3,4)66-40-58(72-56-30-18-20-32-68(56)84-78(72)74(60)66)44-34-36-54-62(38-44)82(7,8)76-52-28-16-12-24-48(52)46-22-10-14-26-50(46)70(54)76/h9-42H,1-8H3. The third-order valence-electron chi connectivity index (χ3n) is 21.4. The summed E-state index contributed by atoms with van der Waals surface area (Å²) in [5.74, 6) is 0. The van der Waals surface area contributed by atoms with E-state index in [-0.39, 0.29) is 21.7 Å². The van der Waals surface area contributed by atoms with Gasteiger partial charge in [-0.3, -0.25) is 0 Å². The van der Waals surface area contributed by atoms with Crippen LogP contribution in [0.4, 0.5) is 0 Å². The van der Waals surface area contributed by atoms with Crippen molar-refractivity contribution in [2.45, 2.75) is 77.0 Å². The third-order valence-corrected chi connectivity index (χ3v) is 21.4. The first-order valence-electron chi connectivity index (χ1n) is 30.1. The van der Waals surface area contributed by atoms with E-state index >= 15 is 0 Å². The van der Waals surface area contributed by atoms with E-state index < -0.39 is 0 Å². The van der Waals surface area contributed by atoms with Gasteiger partial charge in [0.1, 0.15) is 22.3 Å². The second-order valence-electron chi connectivity index (χ2n) is 26.9. The van der Waals surface area contributed by atoms with Crippen LogP contribution in [-0.2, 0) is 21.7 Å². The lowest BCUT2D eigenvalue weighted by Gasteiger charge is -2.25. The molecule has 2 nitrogen and oxygen atoms in total. The van der Waals surface area contributed by atoms with E-state index in [0.29, 0.717) is 0 Å². The maximum atomic E-state index is 7.27. The number of fused-ring (bicyclic) bond motifs is 30. The average Bonchev–Trinajstić information content (AvgIpc) is 4.11. The van der Waals surface area contributed by atoms with E-state index in [4.69, 9.17) is 8.83 Å². The summed E-state index contributed by atoms with van der Waals surface area (Å²) in [4.78, 5) is 0. The Bertz CT molecular complexity index is 5260. The summed E-state index contributed by atoms with van der Waals surface area (Å²) in [6.45, 7) is 19.5. The number of furan rings is 2. The van der Waals surface area contributed by atoms with Crippen LogP contribution in [0, 0.1) is 0 Å². The Morgan fingerprint density at radius 2 is 0.548 bits per heavy atom. The topological polar surface area (TPSA) is 26.3 Å². The van der Waals surface area contributed by atoms with Crippen LogP contribution in [0.25, 0.3) is 154 Å². The summed E-state index contributed by atoms with van der Waals surface area (Å²) in [5.41, 5.74) is 28.6. The summed E-state index contributed by atoms with van der Waals surface area (Å²) in [6, 6.07) is 78.2. The first-order valence-corrected chi connectivity index (χ1v) is 30.1. The maximum Gasteiger partial charge on any atom is 0.144 e. The second-order valence-corrected chi connectivity index (χ2v) is 26.9. The monoisotopic (exact) mass is 1070 g/mol. The number of para-hydroxylation sites is 2. The average molecular weight is 1080 g/mol. The fraction of sp³-hybridized carbons (Fsp3) is 0.146. The highest BCUT2D eigenvalue weighted by Gasteiger charge is 2.46. The Balaban J connectivity index is 0.803. The summed E-state index contributed by atoms with van der Waals surface area (Å²) in [7, 11) is 0. The molecule has 0 aliphatic heterocycles. The maximum absolute atomic E-state index is 7.27. The summed E-state index contributed by atoms with van der Waals surface area (Å²) in [6.07, 6.45) is 0. The van der Waals surface area contributed by atoms with Gasteiger partial charge >= 0.3 is 0 Å². The van der Waals surface area contributed by atoms with Crippen LogP contribution in [0.2, 0.25) is 0 Å². The minimum atomic E-state index is -0.364. The molecule has 0 radical (unpaired) electrons. The molecule has 0 unspecified atom stereocenters.